The van der Waals surface area contributed by atoms with Gasteiger partial charge in [-0.1, -0.05) is 0 Å². The minimum absolute atomic E-state index is 0.0959. The second kappa shape index (κ2) is 5.81. The van der Waals surface area contributed by atoms with Crippen LogP contribution in [-0.4, -0.2) is 38.4 Å². The van der Waals surface area contributed by atoms with Gasteiger partial charge in [0.25, 0.3) is 0 Å². The first-order valence-corrected chi connectivity index (χ1v) is 6.77. The van der Waals surface area contributed by atoms with Gasteiger partial charge in [0.05, 0.1) is 12.7 Å². The molecule has 9 nitrogen and oxygen atoms in total. The number of nitrogens with zero attached hydrogens (tertiary/aromatic N) is 2. The Morgan fingerprint density at radius 2 is 2.42 bits per heavy atom. The lowest BCUT2D eigenvalue weighted by Gasteiger charge is -2.15. The van der Waals surface area contributed by atoms with E-state index >= 15 is 0 Å². The van der Waals surface area contributed by atoms with Gasteiger partial charge in [-0.15, -0.1) is 0 Å². The van der Waals surface area contributed by atoms with Gasteiger partial charge in [-0.05, 0) is 6.07 Å². The second-order valence-corrected chi connectivity index (χ2v) is 4.87. The number of hydrogen-bond donors (Lipinski definition) is 3. The molecule has 1 aliphatic rings. The Kier molecular flexibility index (Phi) is 4.33. The van der Waals surface area contributed by atoms with Gasteiger partial charge in [-0.25, -0.2) is 4.79 Å². The van der Waals surface area contributed by atoms with E-state index in [2.05, 4.69) is 9.51 Å². The largest absolute Gasteiger partial charge is 0.390 e. The van der Waals surface area contributed by atoms with Crippen molar-refractivity contribution >= 4 is 14.1 Å². The lowest BCUT2D eigenvalue weighted by molar-refractivity contribution is -0.0412. The molecule has 0 aliphatic carbocycles. The number of rotatable bonds is 4. The van der Waals surface area contributed by atoms with Crippen LogP contribution >= 0.6 is 8.25 Å². The molecule has 0 radical (unpaired) electrons. The number of nitrogens with two attached hydrogens (primary N) is 1. The molecule has 1 aromatic heterocycles. The van der Waals surface area contributed by atoms with Crippen LogP contribution in [0, 0.1) is 0 Å². The minimum Gasteiger partial charge on any atom is -0.390 e. The Balaban J connectivity index is 2.07. The lowest BCUT2D eigenvalue weighted by Crippen LogP contribution is -2.28. The fraction of sp³-hybridized carbons (Fsp3) is 0.556. The number of nitrogen functional groups attached to an aromatic ring is 1. The third-order valence-corrected chi connectivity index (χ3v) is 3.15. The molecule has 0 amide bonds. The highest BCUT2D eigenvalue weighted by Gasteiger charge is 2.35. The summed E-state index contributed by atoms with van der Waals surface area (Å²) in [5, 5.41) is 9.74. The Morgan fingerprint density at radius 3 is 3.05 bits per heavy atom. The van der Waals surface area contributed by atoms with Crippen molar-refractivity contribution in [2.45, 2.75) is 24.9 Å². The first-order chi connectivity index (χ1) is 8.97. The summed E-state index contributed by atoms with van der Waals surface area (Å²) in [5.41, 5.74) is 4.78. The van der Waals surface area contributed by atoms with E-state index in [-0.39, 0.29) is 18.8 Å². The van der Waals surface area contributed by atoms with Crippen LogP contribution in [-0.2, 0) is 13.8 Å². The molecule has 1 aliphatic heterocycles. The molecule has 19 heavy (non-hydrogen) atoms. The van der Waals surface area contributed by atoms with Crippen molar-refractivity contribution in [2.24, 2.45) is 0 Å². The summed E-state index contributed by atoms with van der Waals surface area (Å²) in [4.78, 5) is 23.7. The molecule has 10 heteroatoms. The summed E-state index contributed by atoms with van der Waals surface area (Å²) >= 11 is 0. The maximum atomic E-state index is 11.6. The summed E-state index contributed by atoms with van der Waals surface area (Å²) in [6.45, 7) is -0.219. The van der Waals surface area contributed by atoms with Gasteiger partial charge in [0.15, 0.2) is 0 Å². The molecule has 106 valence electrons. The zero-order chi connectivity index (χ0) is 14.0. The lowest BCUT2D eigenvalue weighted by atomic mass is 10.2. The normalized spacial score (nSPS) is 28.4. The molecule has 0 spiro atoms. The van der Waals surface area contributed by atoms with Crippen molar-refractivity contribution in [2.75, 3.05) is 12.3 Å². The third-order valence-electron chi connectivity index (χ3n) is 2.74. The molecule has 0 bridgehead atoms. The molecule has 1 aromatic rings. The zero-order valence-electron chi connectivity index (χ0n) is 9.80. The Labute approximate surface area is 108 Å². The quantitative estimate of drug-likeness (QED) is 0.593. The summed E-state index contributed by atoms with van der Waals surface area (Å²) in [6.07, 6.45) is -0.789. The highest BCUT2D eigenvalue weighted by Crippen LogP contribution is 2.29. The van der Waals surface area contributed by atoms with Crippen molar-refractivity contribution in [3.63, 3.8) is 0 Å². The van der Waals surface area contributed by atoms with Crippen LogP contribution in [0.2, 0.25) is 0 Å². The number of anilines is 1. The topological polar surface area (TPSA) is 137 Å². The predicted octanol–water partition coefficient (Wildman–Crippen LogP) is -1.13. The Hall–Kier alpha value is -1.25. The van der Waals surface area contributed by atoms with E-state index in [0.717, 1.165) is 0 Å². The molecule has 1 fully saturated rings. The summed E-state index contributed by atoms with van der Waals surface area (Å²) in [5.74, 6) is 0.0959. The molecular formula is C9H14N3O6P. The monoisotopic (exact) mass is 291 g/mol. The predicted molar refractivity (Wildman–Crippen MR) is 64.6 cm³/mol. The van der Waals surface area contributed by atoms with E-state index in [9.17, 15) is 14.5 Å². The Bertz CT molecular complexity index is 535. The van der Waals surface area contributed by atoms with Crippen molar-refractivity contribution in [3.8, 4) is 0 Å². The maximum Gasteiger partial charge on any atom is 0.351 e. The average molecular weight is 291 g/mol. The SMILES string of the molecule is Nc1ccn([C@H]2C[C@H](O)C(CO[PH](=O)O)O2)c(=O)n1. The van der Waals surface area contributed by atoms with Crippen LogP contribution in [0.5, 0.6) is 0 Å². The molecule has 2 heterocycles. The molecule has 2 unspecified atom stereocenters. The number of ether oxygens (including phenoxy) is 1. The van der Waals surface area contributed by atoms with Crippen molar-refractivity contribution in [1.82, 2.24) is 9.55 Å². The van der Waals surface area contributed by atoms with Crippen LogP contribution < -0.4 is 11.4 Å². The van der Waals surface area contributed by atoms with Crippen LogP contribution in [0.1, 0.15) is 12.6 Å². The number of aliphatic hydroxyl groups is 1. The number of aliphatic hydroxyl groups excluding tert-OH is 1. The smallest absolute Gasteiger partial charge is 0.351 e. The van der Waals surface area contributed by atoms with E-state index in [1.54, 1.807) is 0 Å². The van der Waals surface area contributed by atoms with Gasteiger partial charge in [0.2, 0.25) is 0 Å². The third kappa shape index (κ3) is 3.40. The van der Waals surface area contributed by atoms with Crippen molar-refractivity contribution in [1.29, 1.82) is 0 Å². The van der Waals surface area contributed by atoms with Gasteiger partial charge in [0, 0.05) is 12.6 Å². The first kappa shape index (κ1) is 14.2. The van der Waals surface area contributed by atoms with Crippen molar-refractivity contribution in [3.05, 3.63) is 22.7 Å². The Morgan fingerprint density at radius 1 is 1.68 bits per heavy atom. The summed E-state index contributed by atoms with van der Waals surface area (Å²) < 4.78 is 21.6. The van der Waals surface area contributed by atoms with E-state index in [1.807, 2.05) is 0 Å². The fourth-order valence-corrected chi connectivity index (χ4v) is 2.14. The molecular weight excluding hydrogens is 277 g/mol. The molecule has 0 aromatic carbocycles. The summed E-state index contributed by atoms with van der Waals surface area (Å²) in [7, 11) is -3.08. The molecule has 0 saturated carbocycles. The van der Waals surface area contributed by atoms with E-state index in [0.29, 0.717) is 0 Å². The molecule has 1 saturated heterocycles. The standard InChI is InChI=1S/C9H14N3O6P/c10-7-1-2-12(9(14)11-7)8-3-5(13)6(18-8)4-17-19(15)16/h1-2,5-6,8,13,19H,3-4H2,(H,15,16)(H2,10,11,14)/t5-,6?,8+/m0/s1. The van der Waals surface area contributed by atoms with Gasteiger partial charge < -0.3 is 25.0 Å². The van der Waals surface area contributed by atoms with E-state index in [1.165, 1.54) is 16.8 Å². The van der Waals surface area contributed by atoms with Gasteiger partial charge in [0.1, 0.15) is 18.1 Å². The first-order valence-electron chi connectivity index (χ1n) is 5.51. The number of aromatic nitrogens is 2. The summed E-state index contributed by atoms with van der Waals surface area (Å²) in [6, 6.07) is 1.44. The van der Waals surface area contributed by atoms with Crippen LogP contribution in [0.3, 0.4) is 0 Å². The molecule has 4 atom stereocenters. The van der Waals surface area contributed by atoms with Gasteiger partial charge >= 0.3 is 13.9 Å². The van der Waals surface area contributed by atoms with Crippen molar-refractivity contribution < 1.29 is 23.8 Å². The van der Waals surface area contributed by atoms with E-state index < -0.39 is 32.4 Å². The maximum absolute atomic E-state index is 11.6. The van der Waals surface area contributed by atoms with Crippen LogP contribution in [0.4, 0.5) is 5.82 Å². The van der Waals surface area contributed by atoms with Gasteiger partial charge in [-0.3, -0.25) is 9.13 Å². The average Bonchev–Trinajstić information content (AvgIpc) is 2.67. The van der Waals surface area contributed by atoms with Crippen LogP contribution in [0.15, 0.2) is 17.1 Å². The minimum atomic E-state index is -3.08. The highest BCUT2D eigenvalue weighted by atomic mass is 31.1. The molecule has 2 rings (SSSR count). The second-order valence-electron chi connectivity index (χ2n) is 4.05. The highest BCUT2D eigenvalue weighted by molar-refractivity contribution is 7.32. The van der Waals surface area contributed by atoms with Crippen LogP contribution in [0.25, 0.3) is 0 Å². The van der Waals surface area contributed by atoms with E-state index in [4.69, 9.17) is 15.4 Å². The number of hydrogen-bond acceptors (Lipinski definition) is 7. The fourth-order valence-electron chi connectivity index (χ4n) is 1.83. The zero-order valence-corrected chi connectivity index (χ0v) is 10.8. The van der Waals surface area contributed by atoms with Gasteiger partial charge in [-0.2, -0.15) is 4.98 Å². The molecule has 4 N–H and O–H groups in total.